The van der Waals surface area contributed by atoms with Crippen molar-refractivity contribution in [2.75, 3.05) is 50.9 Å². The molecule has 4 N–H and O–H groups in total. The van der Waals surface area contributed by atoms with E-state index >= 15 is 0 Å². The molecule has 4 rings (SSSR count). The number of rotatable bonds is 11. The third kappa shape index (κ3) is 8.94. The van der Waals surface area contributed by atoms with Gasteiger partial charge in [0.1, 0.15) is 29.4 Å². The molecule has 2 fully saturated rings. The van der Waals surface area contributed by atoms with Gasteiger partial charge in [-0.2, -0.15) is 13.2 Å². The monoisotopic (exact) mass is 693 g/mol. The number of fused-ring (bicyclic) bond motifs is 1. The van der Waals surface area contributed by atoms with Crippen molar-refractivity contribution >= 4 is 70.0 Å². The number of oxime groups is 1. The lowest BCUT2D eigenvalue weighted by Crippen LogP contribution is -2.71. The zero-order chi connectivity index (χ0) is 34.2. The predicted octanol–water partition coefficient (Wildman–Crippen LogP) is 0.378. The van der Waals surface area contributed by atoms with Gasteiger partial charge in [-0.15, -0.1) is 23.1 Å². The molecule has 3 aliphatic heterocycles. The van der Waals surface area contributed by atoms with Gasteiger partial charge in [0.05, 0.1) is 6.42 Å². The van der Waals surface area contributed by atoms with Crippen LogP contribution in [0.4, 0.5) is 18.3 Å². The minimum Gasteiger partial charge on any atom is -0.477 e. The van der Waals surface area contributed by atoms with Crippen molar-refractivity contribution in [2.45, 2.75) is 37.4 Å². The van der Waals surface area contributed by atoms with Crippen LogP contribution in [0.5, 0.6) is 0 Å². The van der Waals surface area contributed by atoms with E-state index in [1.807, 2.05) is 14.0 Å². The number of hydrogen-bond acceptors (Lipinski definition) is 12. The topological polar surface area (TPSA) is 211 Å². The average Bonchev–Trinajstić information content (AvgIpc) is 3.46. The molecule has 2 atom stereocenters. The summed E-state index contributed by atoms with van der Waals surface area (Å²) in [5.74, 6) is -5.33. The van der Waals surface area contributed by atoms with Crippen LogP contribution in [0, 0.1) is 0 Å². The number of nitrogens with zero attached hydrogens (tertiary/aromatic N) is 5. The molecule has 4 heterocycles. The minimum atomic E-state index is -5.08. The van der Waals surface area contributed by atoms with Crippen molar-refractivity contribution < 1.29 is 57.0 Å². The molecule has 4 amide bonds. The first-order valence-corrected chi connectivity index (χ1v) is 15.5. The van der Waals surface area contributed by atoms with E-state index in [4.69, 9.17) is 14.7 Å². The van der Waals surface area contributed by atoms with Crippen LogP contribution < -0.4 is 10.6 Å². The number of carboxylic acid groups (broad SMARTS) is 2. The first kappa shape index (κ1) is 36.2. The zero-order valence-corrected chi connectivity index (χ0v) is 26.0. The number of nitrogens with one attached hydrogen (secondary N) is 2. The number of aromatic nitrogens is 1. The standard InChI is InChI=1S/C23H29N7O7S2.C2HF3O2/c1-3-8-37-27-16(14-11-39-23(25-14)24-12-31)19(33)26-17-20(34)30-18(22(35)36)13(10-38-21(17)30)9-15(32)29-6-4-28(2)5-7-29;3-2(4,5)1(6)7/h11-12,17,21H,3-10H2,1-2H3,(H,26,33)(H,35,36)(H,24,25,31);(H,6,7)/b27-16+;/t17?,21-;/m1./s1. The molecule has 0 aliphatic carbocycles. The van der Waals surface area contributed by atoms with E-state index in [1.165, 1.54) is 17.1 Å². The maximum atomic E-state index is 13.1. The number of piperazine rings is 1. The number of aliphatic carboxylic acids is 2. The Labute approximate surface area is 267 Å². The molecule has 3 aliphatic rings. The van der Waals surface area contributed by atoms with Crippen molar-refractivity contribution in [1.29, 1.82) is 0 Å². The normalized spacial score (nSPS) is 20.1. The van der Waals surface area contributed by atoms with Crippen LogP contribution in [0.2, 0.25) is 0 Å². The molecule has 0 spiro atoms. The number of amides is 4. The number of thiazole rings is 1. The number of hydrogen-bond donors (Lipinski definition) is 4. The Morgan fingerprint density at radius 1 is 1.20 bits per heavy atom. The van der Waals surface area contributed by atoms with Gasteiger partial charge in [-0.05, 0) is 19.0 Å². The Bertz CT molecular complexity index is 1410. The molecular formula is C25H30F3N7O9S2. The Balaban J connectivity index is 0.000000738. The highest BCUT2D eigenvalue weighted by Gasteiger charge is 2.54. The summed E-state index contributed by atoms with van der Waals surface area (Å²) >= 11 is 2.36. The fourth-order valence-corrected chi connectivity index (χ4v) is 6.28. The summed E-state index contributed by atoms with van der Waals surface area (Å²) in [6, 6.07) is -1.01. The van der Waals surface area contributed by atoms with Gasteiger partial charge in [0.2, 0.25) is 12.3 Å². The number of β-lactam (4-membered cyclic amide) rings is 1. The van der Waals surface area contributed by atoms with Crippen molar-refractivity contribution in [1.82, 2.24) is 25.0 Å². The van der Waals surface area contributed by atoms with E-state index in [1.54, 1.807) is 4.90 Å². The third-order valence-corrected chi connectivity index (χ3v) is 8.71. The van der Waals surface area contributed by atoms with E-state index in [0.29, 0.717) is 31.5 Å². The molecule has 0 radical (unpaired) electrons. The largest absolute Gasteiger partial charge is 0.490 e. The van der Waals surface area contributed by atoms with Crippen molar-refractivity contribution in [3.05, 3.63) is 22.3 Å². The number of carboxylic acids is 2. The summed E-state index contributed by atoms with van der Waals surface area (Å²) in [7, 11) is 1.97. The SMILES string of the molecule is CCCO/N=C(/C(=O)NC1C(=O)N2C(C(=O)O)=C(CC(=O)N3CCN(C)CC3)CS[C@H]12)c1csc(NC=O)n1.O=C(O)C(F)(F)F. The molecule has 46 heavy (non-hydrogen) atoms. The molecule has 252 valence electrons. The fraction of sp³-hybridized carbons (Fsp3) is 0.520. The number of carbonyl (C=O) groups excluding carboxylic acids is 4. The Morgan fingerprint density at radius 2 is 1.85 bits per heavy atom. The Morgan fingerprint density at radius 3 is 2.41 bits per heavy atom. The molecule has 1 aromatic heterocycles. The first-order chi connectivity index (χ1) is 21.7. The molecule has 1 unspecified atom stereocenters. The summed E-state index contributed by atoms with van der Waals surface area (Å²) < 4.78 is 31.7. The number of anilines is 1. The molecule has 16 nitrogen and oxygen atoms in total. The van der Waals surface area contributed by atoms with Crippen LogP contribution in [0.15, 0.2) is 21.8 Å². The van der Waals surface area contributed by atoms with E-state index in [-0.39, 0.29) is 46.9 Å². The molecule has 1 aromatic rings. The number of thioether (sulfide) groups is 1. The molecule has 2 saturated heterocycles. The van der Waals surface area contributed by atoms with Gasteiger partial charge in [-0.25, -0.2) is 14.6 Å². The van der Waals surface area contributed by atoms with E-state index < -0.39 is 41.3 Å². The summed E-state index contributed by atoms with van der Waals surface area (Å²) in [4.78, 5) is 85.2. The minimum absolute atomic E-state index is 0.0849. The number of alkyl halides is 3. The van der Waals surface area contributed by atoms with Gasteiger partial charge in [0.15, 0.2) is 10.8 Å². The number of likely N-dealkylation sites (N-methyl/N-ethyl adjacent to an activating group) is 1. The average molecular weight is 694 g/mol. The molecule has 21 heteroatoms. The zero-order valence-electron chi connectivity index (χ0n) is 24.4. The number of halogens is 3. The second-order valence-corrected chi connectivity index (χ2v) is 11.8. The number of carbonyl (C=O) groups is 6. The van der Waals surface area contributed by atoms with Crippen molar-refractivity contribution in [2.24, 2.45) is 5.16 Å². The summed E-state index contributed by atoms with van der Waals surface area (Å²) in [6.45, 7) is 4.72. The van der Waals surface area contributed by atoms with Gasteiger partial charge in [0, 0.05) is 37.3 Å². The van der Waals surface area contributed by atoms with E-state index in [2.05, 4.69) is 25.7 Å². The van der Waals surface area contributed by atoms with Gasteiger partial charge >= 0.3 is 18.1 Å². The highest BCUT2D eigenvalue weighted by Crippen LogP contribution is 2.41. The van der Waals surface area contributed by atoms with Gasteiger partial charge in [-0.1, -0.05) is 12.1 Å². The molecule has 0 saturated carbocycles. The van der Waals surface area contributed by atoms with Crippen LogP contribution >= 0.6 is 23.1 Å². The summed E-state index contributed by atoms with van der Waals surface area (Å²) in [6.07, 6.45) is -4.07. The van der Waals surface area contributed by atoms with Crippen LogP contribution in [0.25, 0.3) is 0 Å². The molecular weight excluding hydrogens is 663 g/mol. The lowest BCUT2D eigenvalue weighted by molar-refractivity contribution is -0.192. The maximum Gasteiger partial charge on any atom is 0.490 e. The summed E-state index contributed by atoms with van der Waals surface area (Å²) in [5, 5.41) is 27.1. The lowest BCUT2D eigenvalue weighted by Gasteiger charge is -2.49. The van der Waals surface area contributed by atoms with Crippen LogP contribution in [-0.2, 0) is 33.6 Å². The predicted molar refractivity (Wildman–Crippen MR) is 157 cm³/mol. The summed E-state index contributed by atoms with van der Waals surface area (Å²) in [5.41, 5.74) is 0.131. The fourth-order valence-electron chi connectivity index (χ4n) is 4.28. The van der Waals surface area contributed by atoms with Crippen LogP contribution in [-0.4, -0.2) is 135 Å². The van der Waals surface area contributed by atoms with Crippen LogP contribution in [0.1, 0.15) is 25.5 Å². The van der Waals surface area contributed by atoms with Gasteiger partial charge in [0.25, 0.3) is 11.8 Å². The Kier molecular flexibility index (Phi) is 12.5. The van der Waals surface area contributed by atoms with Gasteiger partial charge < -0.3 is 35.5 Å². The molecule has 0 aromatic carbocycles. The quantitative estimate of drug-likeness (QED) is 0.0815. The first-order valence-electron chi connectivity index (χ1n) is 13.5. The van der Waals surface area contributed by atoms with Crippen LogP contribution in [0.3, 0.4) is 0 Å². The lowest BCUT2D eigenvalue weighted by atomic mass is 10.0. The maximum absolute atomic E-state index is 13.1. The van der Waals surface area contributed by atoms with Crippen molar-refractivity contribution in [3.63, 3.8) is 0 Å². The highest BCUT2D eigenvalue weighted by molar-refractivity contribution is 8.00. The highest BCUT2D eigenvalue weighted by atomic mass is 32.2. The van der Waals surface area contributed by atoms with E-state index in [9.17, 15) is 42.3 Å². The molecule has 0 bridgehead atoms. The van der Waals surface area contributed by atoms with Crippen molar-refractivity contribution in [3.8, 4) is 0 Å². The Hall–Kier alpha value is -4.24. The van der Waals surface area contributed by atoms with Gasteiger partial charge in [-0.3, -0.25) is 24.1 Å². The van der Waals surface area contributed by atoms with E-state index in [0.717, 1.165) is 29.3 Å². The second kappa shape index (κ2) is 15.9. The third-order valence-electron chi connectivity index (χ3n) is 6.60. The smallest absolute Gasteiger partial charge is 0.477 e. The second-order valence-electron chi connectivity index (χ2n) is 9.86.